The third kappa shape index (κ3) is 4.10. The van der Waals surface area contributed by atoms with E-state index in [1.165, 1.54) is 24.3 Å². The highest BCUT2D eigenvalue weighted by Crippen LogP contribution is 2.34. The number of rotatable bonds is 5. The summed E-state index contributed by atoms with van der Waals surface area (Å²) in [5, 5.41) is 9.01. The summed E-state index contributed by atoms with van der Waals surface area (Å²) in [7, 11) is -7.95. The van der Waals surface area contributed by atoms with Gasteiger partial charge in [0.15, 0.2) is 10.1 Å². The quantitative estimate of drug-likeness (QED) is 0.251. The first kappa shape index (κ1) is 24.5. The van der Waals surface area contributed by atoms with E-state index in [0.717, 1.165) is 49.5 Å². The van der Waals surface area contributed by atoms with Crippen LogP contribution in [0.5, 0.6) is 0 Å². The van der Waals surface area contributed by atoms with E-state index in [0.29, 0.717) is 0 Å². The number of halogens is 1. The van der Waals surface area contributed by atoms with Crippen LogP contribution in [0.25, 0.3) is 32.9 Å². The number of nitrogens with zero attached hydrogens (tertiary/aromatic N) is 2. The van der Waals surface area contributed by atoms with Gasteiger partial charge in [0.1, 0.15) is 0 Å². The summed E-state index contributed by atoms with van der Waals surface area (Å²) < 4.78 is 52.8. The molecule has 0 aliphatic rings. The fraction of sp³-hybridized carbons (Fsp3) is 0. The van der Waals surface area contributed by atoms with Crippen LogP contribution in [0.4, 0.5) is 0 Å². The number of fused-ring (bicyclic) bond motifs is 3. The predicted octanol–water partition coefficient (Wildman–Crippen LogP) is 6.21. The molecule has 0 bridgehead atoms. The molecule has 188 valence electrons. The molecule has 0 fully saturated rings. The molecule has 0 radical (unpaired) electrons. The molecule has 1 N–H and O–H groups in total. The molecule has 0 saturated heterocycles. The Bertz CT molecular complexity index is 2040. The zero-order chi connectivity index (χ0) is 26.5. The largest absolute Gasteiger partial charge is 0.354 e. The van der Waals surface area contributed by atoms with Crippen LogP contribution in [0.2, 0.25) is 0 Å². The number of H-pyrrole nitrogens is 1. The van der Waals surface area contributed by atoms with Crippen molar-refractivity contribution in [1.82, 2.24) is 15.2 Å². The smallest absolute Gasteiger partial charge is 0.225 e. The minimum atomic E-state index is -4.02. The van der Waals surface area contributed by atoms with Gasteiger partial charge in [-0.25, -0.2) is 16.8 Å². The number of hydrogen-bond donors (Lipinski definition) is 1. The van der Waals surface area contributed by atoms with E-state index in [9.17, 15) is 16.8 Å². The minimum Gasteiger partial charge on any atom is -0.354 e. The molecule has 0 saturated carbocycles. The molecule has 0 spiro atoms. The predicted molar refractivity (Wildman–Crippen MR) is 148 cm³/mol. The first-order valence-electron chi connectivity index (χ1n) is 11.4. The molecular formula is C28H18BrN3O4S2. The topological polar surface area (TPSA) is 110 Å². The lowest BCUT2D eigenvalue weighted by Gasteiger charge is -2.08. The third-order valence-corrected chi connectivity index (χ3v) is 10.2. The van der Waals surface area contributed by atoms with Gasteiger partial charge in [-0.05, 0) is 60.2 Å². The van der Waals surface area contributed by atoms with Gasteiger partial charge in [-0.15, -0.1) is 10.2 Å². The standard InChI is InChI=1S/C28H18BrN3O4S2/c29-19-10-14-21(15-11-19)38(35,36)27-17-16-26(31-32-27)37(33,34)20-12-8-18(9-13-20)22-5-3-6-24-23-4-1-2-7-25(23)30-28(22)24/h1-17,30H. The zero-order valence-corrected chi connectivity index (χ0v) is 22.8. The average Bonchev–Trinajstić information content (AvgIpc) is 3.32. The molecule has 7 nitrogen and oxygen atoms in total. The highest BCUT2D eigenvalue weighted by atomic mass is 79.9. The van der Waals surface area contributed by atoms with Gasteiger partial charge in [-0.2, -0.15) is 0 Å². The summed E-state index contributed by atoms with van der Waals surface area (Å²) in [5.41, 5.74) is 3.80. The monoisotopic (exact) mass is 603 g/mol. The molecule has 2 heterocycles. The maximum atomic E-state index is 13.2. The number of sulfone groups is 2. The van der Waals surface area contributed by atoms with Crippen LogP contribution in [-0.4, -0.2) is 32.0 Å². The van der Waals surface area contributed by atoms with Crippen molar-refractivity contribution in [1.29, 1.82) is 0 Å². The Hall–Kier alpha value is -3.86. The Balaban J connectivity index is 1.32. The first-order chi connectivity index (χ1) is 18.2. The molecule has 38 heavy (non-hydrogen) atoms. The number of aromatic amines is 1. The number of benzene rings is 4. The van der Waals surface area contributed by atoms with E-state index in [2.05, 4.69) is 43.2 Å². The molecule has 0 unspecified atom stereocenters. The second-order valence-corrected chi connectivity index (χ2v) is 13.3. The van der Waals surface area contributed by atoms with E-state index in [1.54, 1.807) is 24.3 Å². The number of hydrogen-bond acceptors (Lipinski definition) is 6. The molecule has 0 atom stereocenters. The Morgan fingerprint density at radius 1 is 0.579 bits per heavy atom. The highest BCUT2D eigenvalue weighted by molar-refractivity contribution is 9.10. The van der Waals surface area contributed by atoms with Gasteiger partial charge in [0, 0.05) is 26.3 Å². The van der Waals surface area contributed by atoms with Crippen LogP contribution in [0.1, 0.15) is 0 Å². The highest BCUT2D eigenvalue weighted by Gasteiger charge is 2.24. The van der Waals surface area contributed by atoms with Crippen molar-refractivity contribution in [2.24, 2.45) is 0 Å². The van der Waals surface area contributed by atoms with Crippen molar-refractivity contribution in [2.45, 2.75) is 19.8 Å². The van der Waals surface area contributed by atoms with Crippen molar-refractivity contribution in [2.75, 3.05) is 0 Å². The molecule has 10 heteroatoms. The summed E-state index contributed by atoms with van der Waals surface area (Å²) in [5.74, 6) is 0. The fourth-order valence-electron chi connectivity index (χ4n) is 4.38. The van der Waals surface area contributed by atoms with Gasteiger partial charge in [0.2, 0.25) is 19.7 Å². The Kier molecular flexibility index (Phi) is 5.90. The summed E-state index contributed by atoms with van der Waals surface area (Å²) in [6.45, 7) is 0. The van der Waals surface area contributed by atoms with E-state index < -0.39 is 19.7 Å². The Morgan fingerprint density at radius 2 is 1.13 bits per heavy atom. The van der Waals surface area contributed by atoms with Gasteiger partial charge in [-0.3, -0.25) is 0 Å². The van der Waals surface area contributed by atoms with Crippen molar-refractivity contribution < 1.29 is 16.8 Å². The van der Waals surface area contributed by atoms with Gasteiger partial charge < -0.3 is 4.98 Å². The second-order valence-electron chi connectivity index (χ2n) is 8.59. The van der Waals surface area contributed by atoms with Crippen molar-refractivity contribution in [3.05, 3.63) is 108 Å². The SMILES string of the molecule is O=S(=O)(c1ccc(Br)cc1)c1ccc(S(=O)(=O)c2ccc(-c3cccc4c3[nH]c3ccccc34)cc2)nn1. The number of aromatic nitrogens is 3. The lowest BCUT2D eigenvalue weighted by molar-refractivity contribution is 0.580. The third-order valence-electron chi connectivity index (χ3n) is 6.31. The van der Waals surface area contributed by atoms with Gasteiger partial charge in [0.05, 0.1) is 15.3 Å². The molecule has 4 aromatic carbocycles. The van der Waals surface area contributed by atoms with Crippen LogP contribution in [0.15, 0.2) is 127 Å². The summed E-state index contributed by atoms with van der Waals surface area (Å²) in [6.07, 6.45) is 0. The van der Waals surface area contributed by atoms with Gasteiger partial charge >= 0.3 is 0 Å². The van der Waals surface area contributed by atoms with Crippen molar-refractivity contribution >= 4 is 57.4 Å². The zero-order valence-electron chi connectivity index (χ0n) is 19.5. The first-order valence-corrected chi connectivity index (χ1v) is 15.2. The van der Waals surface area contributed by atoms with Crippen LogP contribution < -0.4 is 0 Å². The molecule has 0 aliphatic carbocycles. The number of nitrogens with one attached hydrogen (secondary N) is 1. The average molecular weight is 605 g/mol. The molecule has 0 aliphatic heterocycles. The van der Waals surface area contributed by atoms with Gasteiger partial charge in [0.25, 0.3) is 0 Å². The van der Waals surface area contributed by atoms with E-state index >= 15 is 0 Å². The lowest BCUT2D eigenvalue weighted by atomic mass is 10.0. The second kappa shape index (κ2) is 9.16. The van der Waals surface area contributed by atoms with Gasteiger partial charge in [-0.1, -0.05) is 64.5 Å². The van der Waals surface area contributed by atoms with Crippen molar-refractivity contribution in [3.8, 4) is 11.1 Å². The summed E-state index contributed by atoms with van der Waals surface area (Å²) in [6, 6.07) is 29.0. The molecule has 0 amide bonds. The number of para-hydroxylation sites is 2. The molecule has 2 aromatic heterocycles. The maximum Gasteiger partial charge on any atom is 0.225 e. The van der Waals surface area contributed by atoms with Crippen LogP contribution in [-0.2, 0) is 19.7 Å². The van der Waals surface area contributed by atoms with Crippen molar-refractivity contribution in [3.63, 3.8) is 0 Å². The maximum absolute atomic E-state index is 13.2. The Labute approximate surface area is 227 Å². The molecule has 6 aromatic rings. The Morgan fingerprint density at radius 3 is 1.74 bits per heavy atom. The van der Waals surface area contributed by atoms with Crippen LogP contribution in [0, 0.1) is 0 Å². The van der Waals surface area contributed by atoms with E-state index in [1.807, 2.05) is 30.3 Å². The van der Waals surface area contributed by atoms with E-state index in [4.69, 9.17) is 0 Å². The summed E-state index contributed by atoms with van der Waals surface area (Å²) in [4.78, 5) is 3.52. The van der Waals surface area contributed by atoms with E-state index in [-0.39, 0.29) is 19.8 Å². The molecule has 6 rings (SSSR count). The molecular weight excluding hydrogens is 586 g/mol. The summed E-state index contributed by atoms with van der Waals surface area (Å²) >= 11 is 3.27. The fourth-order valence-corrected chi connectivity index (χ4v) is 6.90. The van der Waals surface area contributed by atoms with Crippen LogP contribution in [0.3, 0.4) is 0 Å². The lowest BCUT2D eigenvalue weighted by Crippen LogP contribution is -2.10. The minimum absolute atomic E-state index is 0.0305. The van der Waals surface area contributed by atoms with Crippen LogP contribution >= 0.6 is 15.9 Å². The normalized spacial score (nSPS) is 12.2.